The minimum absolute atomic E-state index is 0.102. The second-order valence-corrected chi connectivity index (χ2v) is 7.33. The molecular formula is C17H17BrClN5O3. The Morgan fingerprint density at radius 3 is 2.48 bits per heavy atom. The van der Waals surface area contributed by atoms with Crippen LogP contribution in [-0.4, -0.2) is 24.6 Å². The molecule has 1 aromatic carbocycles. The summed E-state index contributed by atoms with van der Waals surface area (Å²) >= 11 is 9.15. The maximum absolute atomic E-state index is 12.5. The predicted molar refractivity (Wildman–Crippen MR) is 106 cm³/mol. The molecule has 3 aromatic rings. The Morgan fingerprint density at radius 1 is 1.22 bits per heavy atom. The molecule has 27 heavy (non-hydrogen) atoms. The lowest BCUT2D eigenvalue weighted by Gasteiger charge is -2.15. The van der Waals surface area contributed by atoms with Gasteiger partial charge in [0.05, 0.1) is 6.04 Å². The number of hydrogen-bond acceptors (Lipinski definition) is 4. The third-order valence-electron chi connectivity index (χ3n) is 4.34. The molecule has 0 spiro atoms. The molecule has 0 bridgehead atoms. The number of aromatic nitrogens is 4. The maximum atomic E-state index is 12.5. The van der Waals surface area contributed by atoms with Crippen LogP contribution in [0, 0.1) is 0 Å². The molecule has 0 aliphatic rings. The van der Waals surface area contributed by atoms with Gasteiger partial charge in [-0.3, -0.25) is 23.3 Å². The molecule has 0 saturated heterocycles. The summed E-state index contributed by atoms with van der Waals surface area (Å²) in [5, 5.41) is 3.50. The number of nitrogens with one attached hydrogen (secondary N) is 1. The van der Waals surface area contributed by atoms with Crippen LogP contribution < -0.4 is 16.6 Å². The number of aryl methyl sites for hydroxylation is 1. The number of amides is 1. The van der Waals surface area contributed by atoms with Crippen molar-refractivity contribution in [3.8, 4) is 0 Å². The molecule has 1 amide bonds. The number of benzene rings is 1. The molecule has 0 aliphatic carbocycles. The van der Waals surface area contributed by atoms with Crippen LogP contribution in [0.5, 0.6) is 0 Å². The quantitative estimate of drug-likeness (QED) is 0.608. The lowest BCUT2D eigenvalue weighted by Crippen LogP contribution is -2.38. The Labute approximate surface area is 167 Å². The Kier molecular flexibility index (Phi) is 5.25. The molecule has 10 heteroatoms. The molecule has 2 aromatic heterocycles. The Hall–Kier alpha value is -2.39. The molecule has 8 nitrogen and oxygen atoms in total. The zero-order chi connectivity index (χ0) is 19.9. The van der Waals surface area contributed by atoms with Gasteiger partial charge in [-0.1, -0.05) is 23.7 Å². The number of imidazole rings is 1. The van der Waals surface area contributed by atoms with Crippen molar-refractivity contribution in [3.05, 3.63) is 60.4 Å². The van der Waals surface area contributed by atoms with Gasteiger partial charge in [0.15, 0.2) is 15.9 Å². The van der Waals surface area contributed by atoms with E-state index in [1.807, 2.05) is 19.1 Å². The van der Waals surface area contributed by atoms with Gasteiger partial charge in [-0.05, 0) is 40.5 Å². The summed E-state index contributed by atoms with van der Waals surface area (Å²) in [5.74, 6) is -0.287. The lowest BCUT2D eigenvalue weighted by molar-refractivity contribution is -0.122. The molecule has 0 fully saturated rings. The van der Waals surface area contributed by atoms with Gasteiger partial charge >= 0.3 is 5.69 Å². The van der Waals surface area contributed by atoms with Crippen LogP contribution in [0.1, 0.15) is 18.5 Å². The normalized spacial score (nSPS) is 12.3. The number of fused-ring (bicyclic) bond motifs is 1. The average Bonchev–Trinajstić information content (AvgIpc) is 2.95. The molecule has 0 aliphatic heterocycles. The van der Waals surface area contributed by atoms with E-state index in [0.717, 1.165) is 10.1 Å². The van der Waals surface area contributed by atoms with Crippen molar-refractivity contribution < 1.29 is 4.79 Å². The van der Waals surface area contributed by atoms with Gasteiger partial charge in [-0.25, -0.2) is 9.78 Å². The highest BCUT2D eigenvalue weighted by atomic mass is 79.9. The van der Waals surface area contributed by atoms with Crippen LogP contribution >= 0.6 is 27.5 Å². The average molecular weight is 455 g/mol. The molecule has 0 saturated carbocycles. The van der Waals surface area contributed by atoms with E-state index in [1.165, 1.54) is 23.2 Å². The third-order valence-corrected chi connectivity index (χ3v) is 5.20. The molecule has 142 valence electrons. The van der Waals surface area contributed by atoms with E-state index in [-0.39, 0.29) is 29.7 Å². The molecule has 1 N–H and O–H groups in total. The van der Waals surface area contributed by atoms with Gasteiger partial charge in [0.1, 0.15) is 6.54 Å². The van der Waals surface area contributed by atoms with E-state index in [2.05, 4.69) is 26.2 Å². The van der Waals surface area contributed by atoms with E-state index in [9.17, 15) is 14.4 Å². The van der Waals surface area contributed by atoms with Crippen molar-refractivity contribution >= 4 is 44.6 Å². The minimum atomic E-state index is -0.512. The summed E-state index contributed by atoms with van der Waals surface area (Å²) in [6.45, 7) is 1.75. The fraction of sp³-hybridized carbons (Fsp3) is 0.294. The minimum Gasteiger partial charge on any atom is -0.348 e. The topological polar surface area (TPSA) is 90.9 Å². The van der Waals surface area contributed by atoms with E-state index >= 15 is 0 Å². The first kappa shape index (κ1) is 19.4. The van der Waals surface area contributed by atoms with E-state index in [0.29, 0.717) is 9.76 Å². The van der Waals surface area contributed by atoms with Gasteiger partial charge in [-0.2, -0.15) is 0 Å². The summed E-state index contributed by atoms with van der Waals surface area (Å²) in [7, 11) is 2.92. The number of hydrogen-bond donors (Lipinski definition) is 1. The van der Waals surface area contributed by atoms with Crippen LogP contribution in [0.2, 0.25) is 5.02 Å². The van der Waals surface area contributed by atoms with Crippen LogP contribution in [-0.2, 0) is 25.4 Å². The second kappa shape index (κ2) is 7.32. The number of rotatable bonds is 4. The van der Waals surface area contributed by atoms with Gasteiger partial charge in [0.25, 0.3) is 5.56 Å². The zero-order valence-electron chi connectivity index (χ0n) is 14.9. The van der Waals surface area contributed by atoms with Crippen LogP contribution in [0.3, 0.4) is 0 Å². The highest BCUT2D eigenvalue weighted by Crippen LogP contribution is 2.18. The monoisotopic (exact) mass is 453 g/mol. The van der Waals surface area contributed by atoms with Gasteiger partial charge in [-0.15, -0.1) is 0 Å². The smallest absolute Gasteiger partial charge is 0.332 e. The van der Waals surface area contributed by atoms with Crippen molar-refractivity contribution in [1.82, 2.24) is 24.0 Å². The molecular weight excluding hydrogens is 438 g/mol. The summed E-state index contributed by atoms with van der Waals surface area (Å²) in [6.07, 6.45) is 0. The number of nitrogens with zero attached hydrogens (tertiary/aromatic N) is 4. The lowest BCUT2D eigenvalue weighted by atomic mass is 10.1. The van der Waals surface area contributed by atoms with Gasteiger partial charge in [0.2, 0.25) is 5.91 Å². The van der Waals surface area contributed by atoms with E-state index < -0.39 is 11.2 Å². The molecule has 2 heterocycles. The Morgan fingerprint density at radius 2 is 1.85 bits per heavy atom. The van der Waals surface area contributed by atoms with Crippen molar-refractivity contribution in [1.29, 1.82) is 0 Å². The predicted octanol–water partition coefficient (Wildman–Crippen LogP) is 1.73. The molecule has 1 unspecified atom stereocenters. The molecule has 1 atom stereocenters. The first-order valence-electron chi connectivity index (χ1n) is 8.07. The molecule has 3 rings (SSSR count). The highest BCUT2D eigenvalue weighted by molar-refractivity contribution is 9.10. The zero-order valence-corrected chi connectivity index (χ0v) is 17.2. The van der Waals surface area contributed by atoms with Crippen molar-refractivity contribution in [2.75, 3.05) is 0 Å². The first-order valence-corrected chi connectivity index (χ1v) is 9.24. The molecule has 0 radical (unpaired) electrons. The van der Waals surface area contributed by atoms with Crippen molar-refractivity contribution in [2.45, 2.75) is 19.5 Å². The SMILES string of the molecule is CC(NC(=O)Cn1c(Br)nc2c(=O)n(C)c(=O)n(C)c21)c1ccc(Cl)cc1. The second-order valence-electron chi connectivity index (χ2n) is 6.19. The maximum Gasteiger partial charge on any atom is 0.332 e. The largest absolute Gasteiger partial charge is 0.348 e. The Balaban J connectivity index is 1.91. The summed E-state index contributed by atoms with van der Waals surface area (Å²) in [5.41, 5.74) is 0.302. The van der Waals surface area contributed by atoms with Crippen LogP contribution in [0.15, 0.2) is 38.6 Å². The van der Waals surface area contributed by atoms with E-state index in [4.69, 9.17) is 11.6 Å². The Bertz CT molecular complexity index is 1150. The summed E-state index contributed by atoms with van der Waals surface area (Å²) < 4.78 is 4.06. The van der Waals surface area contributed by atoms with Crippen LogP contribution in [0.25, 0.3) is 11.2 Å². The highest BCUT2D eigenvalue weighted by Gasteiger charge is 2.20. The number of carbonyl (C=O) groups is 1. The van der Waals surface area contributed by atoms with Crippen LogP contribution in [0.4, 0.5) is 0 Å². The third kappa shape index (κ3) is 3.57. The number of carbonyl (C=O) groups excluding carboxylic acids is 1. The van der Waals surface area contributed by atoms with E-state index in [1.54, 1.807) is 12.1 Å². The summed E-state index contributed by atoms with van der Waals surface area (Å²) in [4.78, 5) is 41.2. The van der Waals surface area contributed by atoms with Gasteiger partial charge < -0.3 is 5.32 Å². The standard InChI is InChI=1S/C17H17BrClN5O3/c1-9(10-4-6-11(19)7-5-10)20-12(25)8-24-14-13(21-16(24)18)15(26)23(3)17(27)22(14)2/h4-7,9H,8H2,1-3H3,(H,20,25). The van der Waals surface area contributed by atoms with Crippen molar-refractivity contribution in [3.63, 3.8) is 0 Å². The summed E-state index contributed by atoms with van der Waals surface area (Å²) in [6, 6.07) is 6.95. The first-order chi connectivity index (χ1) is 12.7. The van der Waals surface area contributed by atoms with Gasteiger partial charge in [0, 0.05) is 19.1 Å². The fourth-order valence-electron chi connectivity index (χ4n) is 2.87. The fourth-order valence-corrected chi connectivity index (χ4v) is 3.46. The van der Waals surface area contributed by atoms with Crippen molar-refractivity contribution in [2.24, 2.45) is 14.1 Å². The number of halogens is 2.